The third-order valence-corrected chi connectivity index (χ3v) is 4.42. The van der Waals surface area contributed by atoms with Crippen molar-refractivity contribution in [2.75, 3.05) is 31.1 Å². The molecule has 0 atom stereocenters. The summed E-state index contributed by atoms with van der Waals surface area (Å²) in [6.45, 7) is 4.57. The number of carbonyl (C=O) groups is 2. The van der Waals surface area contributed by atoms with Crippen LogP contribution >= 0.6 is 0 Å². The third kappa shape index (κ3) is 4.36. The van der Waals surface area contributed by atoms with Gasteiger partial charge in [-0.3, -0.25) is 9.59 Å². The monoisotopic (exact) mass is 356 g/mol. The van der Waals surface area contributed by atoms with Crippen LogP contribution in [-0.2, 0) is 11.3 Å². The molecule has 1 aromatic heterocycles. The SMILES string of the molecule is CC(=O)N1CCN(c2cc(C(=O)NCc3ccc(F)cc3)ccn2)CC1. The second kappa shape index (κ2) is 7.95. The van der Waals surface area contributed by atoms with Crippen molar-refractivity contribution in [2.45, 2.75) is 13.5 Å². The fourth-order valence-electron chi connectivity index (χ4n) is 2.87. The fourth-order valence-corrected chi connectivity index (χ4v) is 2.87. The van der Waals surface area contributed by atoms with Gasteiger partial charge in [0.1, 0.15) is 11.6 Å². The number of amides is 2. The Labute approximate surface area is 151 Å². The lowest BCUT2D eigenvalue weighted by Crippen LogP contribution is -2.48. The lowest BCUT2D eigenvalue weighted by Gasteiger charge is -2.35. The van der Waals surface area contributed by atoms with Crippen LogP contribution in [0.15, 0.2) is 42.6 Å². The first-order valence-corrected chi connectivity index (χ1v) is 8.52. The Kier molecular flexibility index (Phi) is 5.46. The number of hydrogen-bond donors (Lipinski definition) is 1. The summed E-state index contributed by atoms with van der Waals surface area (Å²) in [5.74, 6) is 0.290. The van der Waals surface area contributed by atoms with Gasteiger partial charge in [-0.1, -0.05) is 12.1 Å². The average molecular weight is 356 g/mol. The molecular weight excluding hydrogens is 335 g/mol. The largest absolute Gasteiger partial charge is 0.353 e. The van der Waals surface area contributed by atoms with Gasteiger partial charge in [0.05, 0.1) is 0 Å². The highest BCUT2D eigenvalue weighted by molar-refractivity contribution is 5.94. The van der Waals surface area contributed by atoms with Gasteiger partial charge in [-0.25, -0.2) is 9.37 Å². The molecule has 0 aliphatic carbocycles. The molecule has 1 aromatic carbocycles. The Hall–Kier alpha value is -2.96. The van der Waals surface area contributed by atoms with E-state index in [4.69, 9.17) is 0 Å². The molecule has 1 saturated heterocycles. The molecule has 136 valence electrons. The van der Waals surface area contributed by atoms with Crippen molar-refractivity contribution in [2.24, 2.45) is 0 Å². The zero-order valence-corrected chi connectivity index (χ0v) is 14.6. The number of piperazine rings is 1. The highest BCUT2D eigenvalue weighted by Gasteiger charge is 2.20. The van der Waals surface area contributed by atoms with E-state index in [2.05, 4.69) is 15.2 Å². The number of nitrogens with one attached hydrogen (secondary N) is 1. The predicted octanol–water partition coefficient (Wildman–Crippen LogP) is 1.82. The summed E-state index contributed by atoms with van der Waals surface area (Å²) in [4.78, 5) is 32.0. The molecule has 1 aliphatic rings. The van der Waals surface area contributed by atoms with E-state index in [0.29, 0.717) is 38.3 Å². The van der Waals surface area contributed by atoms with Gasteiger partial charge in [-0.15, -0.1) is 0 Å². The molecule has 0 bridgehead atoms. The maximum absolute atomic E-state index is 12.9. The second-order valence-electron chi connectivity index (χ2n) is 6.20. The molecule has 2 heterocycles. The Morgan fingerprint density at radius 1 is 1.12 bits per heavy atom. The maximum Gasteiger partial charge on any atom is 0.251 e. The molecular formula is C19H21FN4O2. The first-order chi connectivity index (χ1) is 12.5. The summed E-state index contributed by atoms with van der Waals surface area (Å²) in [6, 6.07) is 9.43. The number of carbonyl (C=O) groups excluding carboxylic acids is 2. The first-order valence-electron chi connectivity index (χ1n) is 8.52. The van der Waals surface area contributed by atoms with Gasteiger partial charge in [-0.05, 0) is 29.8 Å². The summed E-state index contributed by atoms with van der Waals surface area (Å²) in [5.41, 5.74) is 1.35. The van der Waals surface area contributed by atoms with Gasteiger partial charge in [0.15, 0.2) is 0 Å². The summed E-state index contributed by atoms with van der Waals surface area (Å²) in [7, 11) is 0. The number of hydrogen-bond acceptors (Lipinski definition) is 4. The molecule has 2 aromatic rings. The molecule has 2 amide bonds. The molecule has 1 fully saturated rings. The van der Waals surface area contributed by atoms with Crippen LogP contribution in [0.1, 0.15) is 22.8 Å². The Morgan fingerprint density at radius 3 is 2.46 bits per heavy atom. The van der Waals surface area contributed by atoms with Gasteiger partial charge in [0, 0.05) is 51.4 Å². The molecule has 7 heteroatoms. The summed E-state index contributed by atoms with van der Waals surface area (Å²) < 4.78 is 12.9. The van der Waals surface area contributed by atoms with E-state index in [0.717, 1.165) is 11.4 Å². The lowest BCUT2D eigenvalue weighted by atomic mass is 10.2. The van der Waals surface area contributed by atoms with Gasteiger partial charge in [-0.2, -0.15) is 0 Å². The Morgan fingerprint density at radius 2 is 1.81 bits per heavy atom. The van der Waals surface area contributed by atoms with Crippen molar-refractivity contribution in [3.05, 3.63) is 59.5 Å². The number of nitrogens with zero attached hydrogens (tertiary/aromatic N) is 3. The van der Waals surface area contributed by atoms with Crippen molar-refractivity contribution in [1.82, 2.24) is 15.2 Å². The summed E-state index contributed by atoms with van der Waals surface area (Å²) >= 11 is 0. The molecule has 0 radical (unpaired) electrons. The van der Waals surface area contributed by atoms with Crippen molar-refractivity contribution < 1.29 is 14.0 Å². The molecule has 0 unspecified atom stereocenters. The molecule has 0 spiro atoms. The minimum atomic E-state index is -0.302. The smallest absolute Gasteiger partial charge is 0.251 e. The quantitative estimate of drug-likeness (QED) is 0.908. The predicted molar refractivity (Wildman–Crippen MR) is 96.3 cm³/mol. The zero-order valence-electron chi connectivity index (χ0n) is 14.6. The van der Waals surface area contributed by atoms with E-state index in [9.17, 15) is 14.0 Å². The topological polar surface area (TPSA) is 65.5 Å². The van der Waals surface area contributed by atoms with Crippen LogP contribution in [0.4, 0.5) is 10.2 Å². The lowest BCUT2D eigenvalue weighted by molar-refractivity contribution is -0.129. The normalized spacial score (nSPS) is 14.2. The average Bonchev–Trinajstić information content (AvgIpc) is 2.67. The maximum atomic E-state index is 12.9. The van der Waals surface area contributed by atoms with Crippen LogP contribution < -0.4 is 10.2 Å². The molecule has 0 saturated carbocycles. The van der Waals surface area contributed by atoms with Crippen molar-refractivity contribution in [3.8, 4) is 0 Å². The van der Waals surface area contributed by atoms with Crippen molar-refractivity contribution >= 4 is 17.6 Å². The van der Waals surface area contributed by atoms with Gasteiger partial charge in [0.2, 0.25) is 5.91 Å². The molecule has 6 nitrogen and oxygen atoms in total. The highest BCUT2D eigenvalue weighted by Crippen LogP contribution is 2.15. The van der Waals surface area contributed by atoms with Crippen LogP contribution in [0, 0.1) is 5.82 Å². The van der Waals surface area contributed by atoms with E-state index in [1.54, 1.807) is 42.3 Å². The van der Waals surface area contributed by atoms with Crippen LogP contribution in [0.2, 0.25) is 0 Å². The number of halogens is 1. The number of anilines is 1. The number of rotatable bonds is 4. The molecule has 26 heavy (non-hydrogen) atoms. The second-order valence-corrected chi connectivity index (χ2v) is 6.20. The minimum Gasteiger partial charge on any atom is -0.353 e. The fraction of sp³-hybridized carbons (Fsp3) is 0.316. The van der Waals surface area contributed by atoms with Crippen LogP contribution in [-0.4, -0.2) is 47.9 Å². The number of aromatic nitrogens is 1. The Bertz CT molecular complexity index is 786. The first kappa shape index (κ1) is 17.8. The standard InChI is InChI=1S/C19H21FN4O2/c1-14(25)23-8-10-24(11-9-23)18-12-16(6-7-21-18)19(26)22-13-15-2-4-17(20)5-3-15/h2-7,12H,8-11,13H2,1H3,(H,22,26). The van der Waals surface area contributed by atoms with E-state index in [1.807, 2.05) is 0 Å². The van der Waals surface area contributed by atoms with E-state index >= 15 is 0 Å². The van der Waals surface area contributed by atoms with Crippen LogP contribution in [0.5, 0.6) is 0 Å². The highest BCUT2D eigenvalue weighted by atomic mass is 19.1. The van der Waals surface area contributed by atoms with Crippen molar-refractivity contribution in [1.29, 1.82) is 0 Å². The molecule has 3 rings (SSSR count). The molecule has 1 N–H and O–H groups in total. The summed E-state index contributed by atoms with van der Waals surface area (Å²) in [6.07, 6.45) is 1.61. The number of benzene rings is 1. The van der Waals surface area contributed by atoms with Gasteiger partial charge in [0.25, 0.3) is 5.91 Å². The van der Waals surface area contributed by atoms with E-state index in [1.165, 1.54) is 12.1 Å². The van der Waals surface area contributed by atoms with E-state index in [-0.39, 0.29) is 17.6 Å². The summed E-state index contributed by atoms with van der Waals surface area (Å²) in [5, 5.41) is 2.83. The van der Waals surface area contributed by atoms with Gasteiger partial charge < -0.3 is 15.1 Å². The Balaban J connectivity index is 1.60. The van der Waals surface area contributed by atoms with Crippen LogP contribution in [0.3, 0.4) is 0 Å². The zero-order chi connectivity index (χ0) is 18.5. The third-order valence-electron chi connectivity index (χ3n) is 4.42. The van der Waals surface area contributed by atoms with Gasteiger partial charge >= 0.3 is 0 Å². The van der Waals surface area contributed by atoms with E-state index < -0.39 is 0 Å². The van der Waals surface area contributed by atoms with Crippen LogP contribution in [0.25, 0.3) is 0 Å². The number of pyridine rings is 1. The minimum absolute atomic E-state index is 0.0755. The molecule has 1 aliphatic heterocycles. The van der Waals surface area contributed by atoms with Crippen molar-refractivity contribution in [3.63, 3.8) is 0 Å².